The third kappa shape index (κ3) is 4.91. The second-order valence-corrected chi connectivity index (χ2v) is 13.8. The van der Waals surface area contributed by atoms with Crippen LogP contribution < -0.4 is 0 Å². The number of carbonyl (C=O) groups is 2. The molecule has 4 aliphatic rings. The third-order valence-corrected chi connectivity index (χ3v) is 11.5. The van der Waals surface area contributed by atoms with Gasteiger partial charge in [0.15, 0.2) is 5.78 Å². The third-order valence-electron chi connectivity index (χ3n) is 11.5. The Morgan fingerprint density at radius 3 is 2.43 bits per heavy atom. The van der Waals surface area contributed by atoms with Gasteiger partial charge in [0.25, 0.3) is 0 Å². The molecule has 0 saturated heterocycles. The Morgan fingerprint density at radius 2 is 1.77 bits per heavy atom. The lowest BCUT2D eigenvalue weighted by molar-refractivity contribution is -0.149. The van der Waals surface area contributed by atoms with Gasteiger partial charge in [-0.05, 0) is 97.4 Å². The van der Waals surface area contributed by atoms with E-state index in [2.05, 4.69) is 41.5 Å². The van der Waals surface area contributed by atoms with Crippen molar-refractivity contribution in [3.63, 3.8) is 0 Å². The summed E-state index contributed by atoms with van der Waals surface area (Å²) >= 11 is 0. The van der Waals surface area contributed by atoms with Gasteiger partial charge >= 0.3 is 5.97 Å². The van der Waals surface area contributed by atoms with Crippen molar-refractivity contribution in [2.24, 2.45) is 52.3 Å². The van der Waals surface area contributed by atoms with Crippen LogP contribution >= 0.6 is 0 Å². The molecule has 0 aromatic carbocycles. The van der Waals surface area contributed by atoms with E-state index >= 15 is 0 Å². The van der Waals surface area contributed by atoms with E-state index in [9.17, 15) is 9.59 Å². The summed E-state index contributed by atoms with van der Waals surface area (Å²) in [5, 5.41) is 0. The van der Waals surface area contributed by atoms with Crippen LogP contribution in [0.15, 0.2) is 11.6 Å². The minimum Gasteiger partial charge on any atom is -0.462 e. The molecule has 0 aliphatic heterocycles. The first-order valence-electron chi connectivity index (χ1n) is 14.9. The second kappa shape index (κ2) is 10.3. The largest absolute Gasteiger partial charge is 0.462 e. The molecule has 1 unspecified atom stereocenters. The number of ketones is 1. The lowest BCUT2D eigenvalue weighted by atomic mass is 9.46. The van der Waals surface area contributed by atoms with Crippen molar-refractivity contribution in [3.05, 3.63) is 11.6 Å². The van der Waals surface area contributed by atoms with Gasteiger partial charge in [-0.2, -0.15) is 0 Å². The molecule has 0 spiro atoms. The van der Waals surface area contributed by atoms with Gasteiger partial charge in [0, 0.05) is 19.3 Å². The van der Waals surface area contributed by atoms with Crippen LogP contribution in [-0.2, 0) is 14.3 Å². The van der Waals surface area contributed by atoms with Crippen molar-refractivity contribution in [1.29, 1.82) is 0 Å². The van der Waals surface area contributed by atoms with E-state index in [1.807, 2.05) is 6.08 Å². The Balaban J connectivity index is 1.55. The zero-order valence-electron chi connectivity index (χ0n) is 23.7. The van der Waals surface area contributed by atoms with Crippen LogP contribution in [0.3, 0.4) is 0 Å². The number of allylic oxidation sites excluding steroid dienone is 1. The van der Waals surface area contributed by atoms with Crippen molar-refractivity contribution in [2.75, 3.05) is 0 Å². The SMILES string of the molecule is CCCC(CCC(C)C)[C@@H](C)[C@H]1CC[C@H]2[C@@H]3C(=O)C=C4C[C@@H](OC(C)=O)CC[C@]4(C)[C@H]3CC[C@]12C. The molecular weight excluding hydrogens is 432 g/mol. The van der Waals surface area contributed by atoms with Crippen molar-refractivity contribution in [3.8, 4) is 0 Å². The number of ether oxygens (including phenoxy) is 1. The van der Waals surface area contributed by atoms with E-state index in [0.29, 0.717) is 23.0 Å². The summed E-state index contributed by atoms with van der Waals surface area (Å²) in [6.45, 7) is 16.1. The number of carbonyl (C=O) groups excluding carboxylic acids is 2. The van der Waals surface area contributed by atoms with E-state index in [4.69, 9.17) is 4.74 Å². The molecule has 0 aromatic rings. The Labute approximate surface area is 215 Å². The maximum atomic E-state index is 13.7. The molecule has 3 fully saturated rings. The zero-order valence-corrected chi connectivity index (χ0v) is 23.7. The molecule has 3 heteroatoms. The lowest BCUT2D eigenvalue weighted by Crippen LogP contribution is -2.54. The fraction of sp³-hybridized carbons (Fsp3) is 0.875. The predicted molar refractivity (Wildman–Crippen MR) is 143 cm³/mol. The monoisotopic (exact) mass is 484 g/mol. The van der Waals surface area contributed by atoms with E-state index in [1.54, 1.807) is 0 Å². The maximum Gasteiger partial charge on any atom is 0.302 e. The summed E-state index contributed by atoms with van der Waals surface area (Å²) in [5.41, 5.74) is 1.67. The molecule has 0 bridgehead atoms. The molecule has 0 amide bonds. The van der Waals surface area contributed by atoms with Gasteiger partial charge in [-0.25, -0.2) is 0 Å². The summed E-state index contributed by atoms with van der Waals surface area (Å²) in [6.07, 6.45) is 15.0. The second-order valence-electron chi connectivity index (χ2n) is 13.8. The summed E-state index contributed by atoms with van der Waals surface area (Å²) in [4.78, 5) is 25.3. The Bertz CT molecular complexity index is 827. The van der Waals surface area contributed by atoms with Crippen molar-refractivity contribution >= 4 is 11.8 Å². The number of fused-ring (bicyclic) bond motifs is 5. The van der Waals surface area contributed by atoms with Gasteiger partial charge in [0.1, 0.15) is 6.10 Å². The predicted octanol–water partition coefficient (Wildman–Crippen LogP) is 8.16. The molecular formula is C32H52O3. The average Bonchev–Trinajstić information content (AvgIpc) is 3.13. The Hall–Kier alpha value is -1.12. The highest BCUT2D eigenvalue weighted by Crippen LogP contribution is 2.67. The highest BCUT2D eigenvalue weighted by atomic mass is 16.5. The fourth-order valence-electron chi connectivity index (χ4n) is 9.52. The Morgan fingerprint density at radius 1 is 1.03 bits per heavy atom. The normalized spacial score (nSPS) is 40.4. The highest BCUT2D eigenvalue weighted by molar-refractivity contribution is 5.94. The summed E-state index contributed by atoms with van der Waals surface area (Å²) in [5.74, 6) is 4.49. The van der Waals surface area contributed by atoms with Gasteiger partial charge in [-0.1, -0.05) is 66.4 Å². The molecule has 4 rings (SSSR count). The standard InChI is InChI=1S/C32H52O3/c1-8-9-23(11-10-20(2)3)21(4)26-12-13-27-30-28(15-17-32(26,27)7)31(6)16-14-25(35-22(5)33)18-24(31)19-29(30)34/h19-21,23,25-28,30H,8-18H2,1-7H3/t21-,23?,25+,26-,27+,28+,30+,31+,32-/m1/s1. The number of hydrogen-bond acceptors (Lipinski definition) is 3. The molecule has 0 aromatic heterocycles. The van der Waals surface area contributed by atoms with Crippen molar-refractivity contribution in [1.82, 2.24) is 0 Å². The quantitative estimate of drug-likeness (QED) is 0.326. The average molecular weight is 485 g/mol. The lowest BCUT2D eigenvalue weighted by Gasteiger charge is -2.57. The van der Waals surface area contributed by atoms with Crippen LogP contribution in [0.1, 0.15) is 119 Å². The Kier molecular flexibility index (Phi) is 7.95. The fourth-order valence-corrected chi connectivity index (χ4v) is 9.52. The van der Waals surface area contributed by atoms with Gasteiger partial charge in [0.2, 0.25) is 0 Å². The van der Waals surface area contributed by atoms with Crippen LogP contribution in [0, 0.1) is 52.3 Å². The van der Waals surface area contributed by atoms with E-state index < -0.39 is 0 Å². The highest BCUT2D eigenvalue weighted by Gasteiger charge is 2.61. The van der Waals surface area contributed by atoms with Gasteiger partial charge < -0.3 is 4.74 Å². The maximum absolute atomic E-state index is 13.7. The van der Waals surface area contributed by atoms with Crippen LogP contribution in [0.5, 0.6) is 0 Å². The first-order valence-corrected chi connectivity index (χ1v) is 14.9. The molecule has 0 radical (unpaired) electrons. The summed E-state index contributed by atoms with van der Waals surface area (Å²) in [7, 11) is 0. The molecule has 9 atom stereocenters. The van der Waals surface area contributed by atoms with Gasteiger partial charge in [-0.15, -0.1) is 0 Å². The van der Waals surface area contributed by atoms with Gasteiger partial charge in [0.05, 0.1) is 0 Å². The van der Waals surface area contributed by atoms with E-state index in [1.165, 1.54) is 63.9 Å². The smallest absolute Gasteiger partial charge is 0.302 e. The molecule has 4 aliphatic carbocycles. The topological polar surface area (TPSA) is 43.4 Å². The molecule has 198 valence electrons. The molecule has 0 N–H and O–H groups in total. The van der Waals surface area contributed by atoms with Crippen LogP contribution in [0.4, 0.5) is 0 Å². The summed E-state index contributed by atoms with van der Waals surface area (Å²) < 4.78 is 5.57. The van der Waals surface area contributed by atoms with Crippen LogP contribution in [-0.4, -0.2) is 17.9 Å². The first kappa shape index (κ1) is 26.9. The number of esters is 1. The minimum atomic E-state index is -0.200. The van der Waals surface area contributed by atoms with Crippen molar-refractivity contribution in [2.45, 2.75) is 125 Å². The van der Waals surface area contributed by atoms with Crippen molar-refractivity contribution < 1.29 is 14.3 Å². The minimum absolute atomic E-state index is 0.0527. The molecule has 3 nitrogen and oxygen atoms in total. The van der Waals surface area contributed by atoms with Crippen LogP contribution in [0.2, 0.25) is 0 Å². The van der Waals surface area contributed by atoms with E-state index in [-0.39, 0.29) is 23.4 Å². The molecule has 35 heavy (non-hydrogen) atoms. The zero-order chi connectivity index (χ0) is 25.5. The van der Waals surface area contributed by atoms with Crippen LogP contribution in [0.25, 0.3) is 0 Å². The van der Waals surface area contributed by atoms with E-state index in [0.717, 1.165) is 42.9 Å². The summed E-state index contributed by atoms with van der Waals surface area (Å²) in [6, 6.07) is 0. The molecule has 0 heterocycles. The first-order chi connectivity index (χ1) is 16.5. The van der Waals surface area contributed by atoms with Gasteiger partial charge in [-0.3, -0.25) is 9.59 Å². The number of hydrogen-bond donors (Lipinski definition) is 0. The number of rotatable bonds is 8. The molecule has 3 saturated carbocycles.